The van der Waals surface area contributed by atoms with Gasteiger partial charge in [-0.3, -0.25) is 4.79 Å². The number of anilines is 2. The first kappa shape index (κ1) is 17.9. The van der Waals surface area contributed by atoms with E-state index in [4.69, 9.17) is 15.6 Å². The van der Waals surface area contributed by atoms with Crippen LogP contribution in [0.5, 0.6) is 0 Å². The second-order valence-corrected chi connectivity index (χ2v) is 6.03. The molecule has 0 spiro atoms. The summed E-state index contributed by atoms with van der Waals surface area (Å²) in [5.74, 6) is -0.277. The molecule has 7 heteroatoms. The summed E-state index contributed by atoms with van der Waals surface area (Å²) in [6.07, 6.45) is -0.0817. The molecule has 0 aromatic heterocycles. The predicted molar refractivity (Wildman–Crippen MR) is 92.2 cm³/mol. The van der Waals surface area contributed by atoms with E-state index >= 15 is 0 Å². The summed E-state index contributed by atoms with van der Waals surface area (Å²) in [6, 6.07) is 5.47. The number of nitrogens with zero attached hydrogens (tertiary/aromatic N) is 2. The van der Waals surface area contributed by atoms with Crippen LogP contribution in [0, 0.1) is 0 Å². The van der Waals surface area contributed by atoms with Gasteiger partial charge in [-0.15, -0.1) is 0 Å². The van der Waals surface area contributed by atoms with E-state index in [2.05, 4.69) is 4.90 Å². The van der Waals surface area contributed by atoms with Gasteiger partial charge in [0.25, 0.3) is 0 Å². The Bertz CT molecular complexity index is 597. The summed E-state index contributed by atoms with van der Waals surface area (Å²) in [5.41, 5.74) is 8.18. The predicted octanol–water partition coefficient (Wildman–Crippen LogP) is 1.95. The van der Waals surface area contributed by atoms with Crippen LogP contribution >= 0.6 is 0 Å². The van der Waals surface area contributed by atoms with Gasteiger partial charge in [0.2, 0.25) is 0 Å². The van der Waals surface area contributed by atoms with Crippen molar-refractivity contribution in [3.05, 3.63) is 23.8 Å². The number of hydrogen-bond donors (Lipinski definition) is 2. The molecule has 1 amide bonds. The van der Waals surface area contributed by atoms with E-state index in [0.29, 0.717) is 31.9 Å². The summed E-state index contributed by atoms with van der Waals surface area (Å²) < 4.78 is 5.35. The summed E-state index contributed by atoms with van der Waals surface area (Å²) in [4.78, 5) is 26.6. The fourth-order valence-corrected chi connectivity index (χ4v) is 2.70. The molecule has 1 aliphatic heterocycles. The Labute approximate surface area is 142 Å². The van der Waals surface area contributed by atoms with E-state index in [1.165, 1.54) is 4.90 Å². The van der Waals surface area contributed by atoms with Gasteiger partial charge in [-0.1, -0.05) is 6.92 Å². The van der Waals surface area contributed by atoms with Gasteiger partial charge < -0.3 is 25.4 Å². The molecule has 1 heterocycles. The minimum atomic E-state index is -0.899. The lowest BCUT2D eigenvalue weighted by atomic mass is 10.1. The third-order valence-corrected chi connectivity index (χ3v) is 4.24. The average molecular weight is 335 g/mol. The highest BCUT2D eigenvalue weighted by atomic mass is 16.5. The van der Waals surface area contributed by atoms with Crippen LogP contribution in [-0.2, 0) is 16.0 Å². The van der Waals surface area contributed by atoms with Crippen LogP contribution in [-0.4, -0.2) is 54.4 Å². The van der Waals surface area contributed by atoms with Crippen molar-refractivity contribution in [2.45, 2.75) is 32.8 Å². The maximum absolute atomic E-state index is 12.1. The normalized spacial score (nSPS) is 15.9. The average Bonchev–Trinajstić information content (AvgIpc) is 2.55. The molecule has 0 aliphatic carbocycles. The minimum absolute atomic E-state index is 0.110. The molecule has 1 aromatic carbocycles. The van der Waals surface area contributed by atoms with Gasteiger partial charge in [0.15, 0.2) is 0 Å². The fraction of sp³-hybridized carbons (Fsp3) is 0.529. The van der Waals surface area contributed by atoms with Crippen molar-refractivity contribution in [1.82, 2.24) is 4.90 Å². The first-order valence-corrected chi connectivity index (χ1v) is 8.21. The lowest BCUT2D eigenvalue weighted by Gasteiger charge is -2.35. The van der Waals surface area contributed by atoms with Crippen molar-refractivity contribution in [2.75, 3.05) is 36.8 Å². The van der Waals surface area contributed by atoms with Crippen molar-refractivity contribution < 1.29 is 19.4 Å². The molecule has 0 unspecified atom stereocenters. The van der Waals surface area contributed by atoms with Gasteiger partial charge >= 0.3 is 12.1 Å². The molecule has 2 rings (SSSR count). The molecule has 1 fully saturated rings. The standard InChI is InChI=1S/C17H25N3O4/c1-3-12(2)24-16(21)11-13-10-14(18)4-5-15(13)19-6-8-20(9-7-19)17(22)23/h4-5,10,12H,3,6-9,11,18H2,1-2H3,(H,22,23)/t12-/m1/s1. The molecule has 3 N–H and O–H groups in total. The number of rotatable bonds is 5. The maximum Gasteiger partial charge on any atom is 0.407 e. The molecule has 132 valence electrons. The molecule has 7 nitrogen and oxygen atoms in total. The molecular weight excluding hydrogens is 310 g/mol. The number of piperazine rings is 1. The summed E-state index contributed by atoms with van der Waals surface area (Å²) in [7, 11) is 0. The zero-order chi connectivity index (χ0) is 17.7. The van der Waals surface area contributed by atoms with E-state index < -0.39 is 6.09 Å². The molecule has 1 aromatic rings. The molecule has 0 bridgehead atoms. The van der Waals surface area contributed by atoms with Gasteiger partial charge in [-0.2, -0.15) is 0 Å². The number of amides is 1. The van der Waals surface area contributed by atoms with Crippen molar-refractivity contribution in [1.29, 1.82) is 0 Å². The molecule has 0 radical (unpaired) electrons. The van der Waals surface area contributed by atoms with Crippen LogP contribution in [0.25, 0.3) is 0 Å². The fourth-order valence-electron chi connectivity index (χ4n) is 2.70. The molecule has 1 saturated heterocycles. The van der Waals surface area contributed by atoms with Crippen molar-refractivity contribution >= 4 is 23.4 Å². The highest BCUT2D eigenvalue weighted by Gasteiger charge is 2.23. The lowest BCUT2D eigenvalue weighted by Crippen LogP contribution is -2.48. The number of nitrogens with two attached hydrogens (primary N) is 1. The summed E-state index contributed by atoms with van der Waals surface area (Å²) in [6.45, 7) is 5.88. The zero-order valence-corrected chi connectivity index (χ0v) is 14.2. The largest absolute Gasteiger partial charge is 0.465 e. The Morgan fingerprint density at radius 1 is 1.29 bits per heavy atom. The van der Waals surface area contributed by atoms with Crippen LogP contribution in [0.3, 0.4) is 0 Å². The second-order valence-electron chi connectivity index (χ2n) is 6.03. The Morgan fingerprint density at radius 3 is 2.54 bits per heavy atom. The lowest BCUT2D eigenvalue weighted by molar-refractivity contribution is -0.147. The quantitative estimate of drug-likeness (QED) is 0.631. The van der Waals surface area contributed by atoms with Gasteiger partial charge in [-0.25, -0.2) is 4.79 Å². The summed E-state index contributed by atoms with van der Waals surface area (Å²) >= 11 is 0. The molecule has 1 atom stereocenters. The van der Waals surface area contributed by atoms with E-state index in [-0.39, 0.29) is 18.5 Å². The number of benzene rings is 1. The second kappa shape index (κ2) is 7.90. The zero-order valence-electron chi connectivity index (χ0n) is 14.2. The number of carboxylic acid groups (broad SMARTS) is 1. The van der Waals surface area contributed by atoms with Gasteiger partial charge in [0, 0.05) is 37.6 Å². The van der Waals surface area contributed by atoms with E-state index in [9.17, 15) is 9.59 Å². The highest BCUT2D eigenvalue weighted by molar-refractivity contribution is 5.77. The first-order chi connectivity index (χ1) is 11.4. The smallest absolute Gasteiger partial charge is 0.407 e. The Kier molecular flexibility index (Phi) is 5.89. The number of nitrogen functional groups attached to an aromatic ring is 1. The molecule has 24 heavy (non-hydrogen) atoms. The Hall–Kier alpha value is -2.44. The Balaban J connectivity index is 2.10. The van der Waals surface area contributed by atoms with Crippen molar-refractivity contribution in [3.8, 4) is 0 Å². The van der Waals surface area contributed by atoms with E-state index in [1.54, 1.807) is 12.1 Å². The number of esters is 1. The third-order valence-electron chi connectivity index (χ3n) is 4.24. The minimum Gasteiger partial charge on any atom is -0.465 e. The van der Waals surface area contributed by atoms with Crippen molar-refractivity contribution in [2.24, 2.45) is 0 Å². The Morgan fingerprint density at radius 2 is 1.96 bits per heavy atom. The van der Waals surface area contributed by atoms with Crippen LogP contribution < -0.4 is 10.6 Å². The van der Waals surface area contributed by atoms with Crippen molar-refractivity contribution in [3.63, 3.8) is 0 Å². The molecule has 1 aliphatic rings. The highest BCUT2D eigenvalue weighted by Crippen LogP contribution is 2.25. The van der Waals surface area contributed by atoms with Crippen LogP contribution in [0.1, 0.15) is 25.8 Å². The number of carbonyl (C=O) groups excluding carboxylic acids is 1. The van der Waals surface area contributed by atoms with Gasteiger partial charge in [-0.05, 0) is 37.1 Å². The molecular formula is C17H25N3O4. The number of carbonyl (C=O) groups is 2. The van der Waals surface area contributed by atoms with Crippen LogP contribution in [0.2, 0.25) is 0 Å². The third kappa shape index (κ3) is 4.53. The van der Waals surface area contributed by atoms with Gasteiger partial charge in [0.05, 0.1) is 12.5 Å². The maximum atomic E-state index is 12.1. The topological polar surface area (TPSA) is 96.1 Å². The first-order valence-electron chi connectivity index (χ1n) is 8.21. The van der Waals surface area contributed by atoms with E-state index in [0.717, 1.165) is 17.7 Å². The van der Waals surface area contributed by atoms with Crippen LogP contribution in [0.4, 0.5) is 16.2 Å². The van der Waals surface area contributed by atoms with Crippen LogP contribution in [0.15, 0.2) is 18.2 Å². The SMILES string of the molecule is CC[C@@H](C)OC(=O)Cc1cc(N)ccc1N1CCN(C(=O)O)CC1. The van der Waals surface area contributed by atoms with E-state index in [1.807, 2.05) is 19.9 Å². The number of hydrogen-bond acceptors (Lipinski definition) is 5. The molecule has 0 saturated carbocycles. The number of ether oxygens (including phenoxy) is 1. The summed E-state index contributed by atoms with van der Waals surface area (Å²) in [5, 5.41) is 9.04. The van der Waals surface area contributed by atoms with Gasteiger partial charge in [0.1, 0.15) is 0 Å². The monoisotopic (exact) mass is 335 g/mol.